The van der Waals surface area contributed by atoms with Crippen LogP contribution in [0.3, 0.4) is 0 Å². The Hall–Kier alpha value is -3.26. The minimum Gasteiger partial charge on any atom is -0.479 e. The monoisotopic (exact) mass is 547 g/mol. The van der Waals surface area contributed by atoms with Gasteiger partial charge in [-0.3, -0.25) is 4.68 Å². The summed E-state index contributed by atoms with van der Waals surface area (Å²) >= 11 is 7.75. The number of aryl methyl sites for hydroxylation is 1. The van der Waals surface area contributed by atoms with Crippen molar-refractivity contribution in [2.75, 3.05) is 0 Å². The molecule has 0 saturated heterocycles. The fourth-order valence-electron chi connectivity index (χ4n) is 4.76. The van der Waals surface area contributed by atoms with Crippen molar-refractivity contribution in [3.8, 4) is 21.7 Å². The number of carbonyl (C=O) groups is 1. The molecular weight excluding hydrogens is 518 g/mol. The summed E-state index contributed by atoms with van der Waals surface area (Å²) in [6.07, 6.45) is 0.739. The van der Waals surface area contributed by atoms with Gasteiger partial charge in [-0.15, -0.1) is 11.3 Å². The summed E-state index contributed by atoms with van der Waals surface area (Å²) in [6.45, 7) is 11.7. The van der Waals surface area contributed by atoms with Crippen LogP contribution in [0.2, 0.25) is 5.02 Å². The Morgan fingerprint density at radius 2 is 1.76 bits per heavy atom. The zero-order valence-electron chi connectivity index (χ0n) is 22.2. The molecule has 8 heteroatoms. The minimum absolute atomic E-state index is 0.265. The second-order valence-corrected chi connectivity index (χ2v) is 12.2. The molecular formula is C30H30ClN3O3S. The van der Waals surface area contributed by atoms with Crippen LogP contribution in [0.5, 0.6) is 0 Å². The van der Waals surface area contributed by atoms with Crippen LogP contribution in [-0.2, 0) is 9.53 Å². The SMILES string of the molecule is Cc1cc2nc(-c3ccc4c(cnn4C(C)C)c3)sc2c(-c2ccc(Cl)cc2)c1[C@H](OC(C)(C)C)C(=O)O. The van der Waals surface area contributed by atoms with Gasteiger partial charge < -0.3 is 9.84 Å². The molecule has 2 heterocycles. The molecule has 0 aliphatic carbocycles. The molecule has 196 valence electrons. The molecule has 0 bridgehead atoms. The Balaban J connectivity index is 1.75. The molecule has 1 N–H and O–H groups in total. The van der Waals surface area contributed by atoms with Crippen molar-refractivity contribution in [1.82, 2.24) is 14.8 Å². The predicted molar refractivity (Wildman–Crippen MR) is 155 cm³/mol. The molecule has 38 heavy (non-hydrogen) atoms. The number of ether oxygens (including phenoxy) is 1. The molecule has 6 nitrogen and oxygen atoms in total. The quantitative estimate of drug-likeness (QED) is 0.231. The maximum atomic E-state index is 12.5. The molecule has 0 aliphatic heterocycles. The highest BCUT2D eigenvalue weighted by Gasteiger charge is 2.32. The number of hydrogen-bond acceptors (Lipinski definition) is 5. The molecule has 0 saturated carbocycles. The fourth-order valence-corrected chi connectivity index (χ4v) is 6.01. The number of aliphatic carboxylic acids is 1. The van der Waals surface area contributed by atoms with Gasteiger partial charge in [-0.25, -0.2) is 9.78 Å². The third-order valence-electron chi connectivity index (χ3n) is 6.35. The van der Waals surface area contributed by atoms with E-state index in [-0.39, 0.29) is 6.04 Å². The van der Waals surface area contributed by atoms with Crippen LogP contribution in [0, 0.1) is 6.92 Å². The molecule has 0 amide bonds. The van der Waals surface area contributed by atoms with Crippen molar-refractivity contribution in [2.45, 2.75) is 59.3 Å². The third kappa shape index (κ3) is 4.94. The van der Waals surface area contributed by atoms with Gasteiger partial charge in [-0.05, 0) is 89.1 Å². The van der Waals surface area contributed by atoms with Crippen molar-refractivity contribution >= 4 is 50.0 Å². The lowest BCUT2D eigenvalue weighted by atomic mass is 9.91. The first-order valence-electron chi connectivity index (χ1n) is 12.5. The lowest BCUT2D eigenvalue weighted by Crippen LogP contribution is -2.28. The highest BCUT2D eigenvalue weighted by Crippen LogP contribution is 2.44. The lowest BCUT2D eigenvalue weighted by Gasteiger charge is -2.28. The van der Waals surface area contributed by atoms with E-state index in [4.69, 9.17) is 21.3 Å². The number of nitrogens with zero attached hydrogens (tertiary/aromatic N) is 3. The van der Waals surface area contributed by atoms with Crippen molar-refractivity contribution < 1.29 is 14.6 Å². The first-order chi connectivity index (χ1) is 17.9. The van der Waals surface area contributed by atoms with E-state index in [0.717, 1.165) is 48.4 Å². The van der Waals surface area contributed by atoms with Crippen LogP contribution in [0.25, 0.3) is 42.8 Å². The Morgan fingerprint density at radius 1 is 1.08 bits per heavy atom. The van der Waals surface area contributed by atoms with E-state index in [1.54, 1.807) is 11.3 Å². The van der Waals surface area contributed by atoms with Crippen molar-refractivity contribution in [3.63, 3.8) is 0 Å². The van der Waals surface area contributed by atoms with Crippen LogP contribution in [0.15, 0.2) is 54.7 Å². The Bertz CT molecular complexity index is 1660. The van der Waals surface area contributed by atoms with Gasteiger partial charge in [0, 0.05) is 33.1 Å². The molecule has 0 spiro atoms. The van der Waals surface area contributed by atoms with Gasteiger partial charge in [0.1, 0.15) is 5.01 Å². The van der Waals surface area contributed by atoms with Crippen LogP contribution in [0.4, 0.5) is 0 Å². The van der Waals surface area contributed by atoms with E-state index < -0.39 is 17.7 Å². The zero-order chi connectivity index (χ0) is 27.4. The summed E-state index contributed by atoms with van der Waals surface area (Å²) in [7, 11) is 0. The fraction of sp³-hybridized carbons (Fsp3) is 0.300. The van der Waals surface area contributed by atoms with Gasteiger partial charge in [-0.2, -0.15) is 5.10 Å². The Labute approximate surface area is 230 Å². The van der Waals surface area contributed by atoms with Crippen LogP contribution in [0.1, 0.15) is 57.9 Å². The van der Waals surface area contributed by atoms with Crippen molar-refractivity contribution in [3.05, 3.63) is 70.9 Å². The highest BCUT2D eigenvalue weighted by molar-refractivity contribution is 7.22. The number of carboxylic acids is 1. The van der Waals surface area contributed by atoms with Gasteiger partial charge in [0.05, 0.1) is 27.5 Å². The first-order valence-corrected chi connectivity index (χ1v) is 13.7. The smallest absolute Gasteiger partial charge is 0.337 e. The Morgan fingerprint density at radius 3 is 2.39 bits per heavy atom. The molecule has 5 rings (SSSR count). The molecule has 0 radical (unpaired) electrons. The summed E-state index contributed by atoms with van der Waals surface area (Å²) in [5.74, 6) is -1.03. The lowest BCUT2D eigenvalue weighted by molar-refractivity contribution is -0.160. The van der Waals surface area contributed by atoms with E-state index in [2.05, 4.69) is 37.1 Å². The third-order valence-corrected chi connectivity index (χ3v) is 7.74. The van der Waals surface area contributed by atoms with E-state index in [9.17, 15) is 9.90 Å². The van der Waals surface area contributed by atoms with Gasteiger partial charge in [0.15, 0.2) is 6.10 Å². The second-order valence-electron chi connectivity index (χ2n) is 10.8. The standard InChI is InChI=1S/C30H30ClN3O3S/c1-16(2)34-23-12-9-19(14-20(23)15-32-34)28-33-22-13-17(3)24(26(29(35)36)37-30(4,5)6)25(27(22)38-28)18-7-10-21(31)11-8-18/h7-16,26H,1-6H3,(H,35,36)/t26-/m0/s1. The van der Waals surface area contributed by atoms with Gasteiger partial charge >= 0.3 is 5.97 Å². The average Bonchev–Trinajstić information content (AvgIpc) is 3.45. The number of aromatic nitrogens is 3. The summed E-state index contributed by atoms with van der Waals surface area (Å²) in [5, 5.41) is 17.3. The molecule has 0 unspecified atom stereocenters. The van der Waals surface area contributed by atoms with Crippen molar-refractivity contribution in [2.24, 2.45) is 0 Å². The average molecular weight is 548 g/mol. The number of hydrogen-bond donors (Lipinski definition) is 1. The van der Waals surface area contributed by atoms with E-state index >= 15 is 0 Å². The zero-order valence-corrected chi connectivity index (χ0v) is 23.8. The predicted octanol–water partition coefficient (Wildman–Crippen LogP) is 8.46. The topological polar surface area (TPSA) is 77.2 Å². The first kappa shape index (κ1) is 26.4. The van der Waals surface area contributed by atoms with E-state index in [1.807, 2.05) is 68.9 Å². The highest BCUT2D eigenvalue weighted by atomic mass is 35.5. The summed E-state index contributed by atoms with van der Waals surface area (Å²) in [4.78, 5) is 17.5. The van der Waals surface area contributed by atoms with E-state index in [1.165, 1.54) is 0 Å². The van der Waals surface area contributed by atoms with Crippen LogP contribution in [-0.4, -0.2) is 31.4 Å². The number of rotatable bonds is 6. The number of benzene rings is 3. The Kier molecular flexibility index (Phi) is 6.80. The molecule has 0 aliphatic rings. The summed E-state index contributed by atoms with van der Waals surface area (Å²) in [6, 6.07) is 16.0. The molecule has 2 aromatic heterocycles. The van der Waals surface area contributed by atoms with Gasteiger partial charge in [-0.1, -0.05) is 23.7 Å². The normalized spacial score (nSPS) is 13.1. The maximum Gasteiger partial charge on any atom is 0.337 e. The summed E-state index contributed by atoms with van der Waals surface area (Å²) < 4.78 is 9.03. The largest absolute Gasteiger partial charge is 0.479 e. The molecule has 3 aromatic carbocycles. The van der Waals surface area contributed by atoms with Crippen molar-refractivity contribution in [1.29, 1.82) is 0 Å². The van der Waals surface area contributed by atoms with Gasteiger partial charge in [0.2, 0.25) is 0 Å². The summed E-state index contributed by atoms with van der Waals surface area (Å²) in [5.41, 5.74) is 5.34. The van der Waals surface area contributed by atoms with Gasteiger partial charge in [0.25, 0.3) is 0 Å². The van der Waals surface area contributed by atoms with Crippen LogP contribution < -0.4 is 0 Å². The molecule has 1 atom stereocenters. The molecule has 5 aromatic rings. The van der Waals surface area contributed by atoms with Crippen LogP contribution >= 0.6 is 22.9 Å². The van der Waals surface area contributed by atoms with E-state index in [0.29, 0.717) is 10.6 Å². The maximum absolute atomic E-state index is 12.5. The number of thiazole rings is 1. The number of carboxylic acid groups (broad SMARTS) is 1. The minimum atomic E-state index is -1.14. The number of fused-ring (bicyclic) bond motifs is 2. The molecule has 0 fully saturated rings. The second kappa shape index (κ2) is 9.80. The number of halogens is 1.